The molecule has 0 spiro atoms. The minimum Gasteiger partial charge on any atom is -0.463 e. The zero-order valence-electron chi connectivity index (χ0n) is 8.24. The molecule has 0 radical (unpaired) electrons. The van der Waals surface area contributed by atoms with Crippen LogP contribution in [0.15, 0.2) is 0 Å². The van der Waals surface area contributed by atoms with Crippen molar-refractivity contribution >= 4 is 18.2 Å². The number of H-pyrrole nitrogens is 1. The average molecular weight is 215 g/mol. The van der Waals surface area contributed by atoms with Crippen LogP contribution in [-0.4, -0.2) is 27.8 Å². The first-order valence-corrected chi connectivity index (χ1v) is 4.85. The molecule has 0 aliphatic rings. The van der Waals surface area contributed by atoms with Crippen LogP contribution < -0.4 is 0 Å². The number of aryl methyl sites for hydroxylation is 1. The Morgan fingerprint density at radius 1 is 1.71 bits per heavy atom. The van der Waals surface area contributed by atoms with Gasteiger partial charge in [-0.1, -0.05) is 13.3 Å². The molecule has 1 rings (SSSR count). The topological polar surface area (TPSA) is 59.9 Å². The number of hydrogen-bond acceptors (Lipinski definition) is 4. The Bertz CT molecular complexity index is 369. The SMILES string of the molecule is CCCCn1[nH]c(C(=O)OC)nc1=S. The Labute approximate surface area is 87.1 Å². The van der Waals surface area contributed by atoms with E-state index < -0.39 is 5.97 Å². The second-order valence-electron chi connectivity index (χ2n) is 2.85. The number of methoxy groups -OCH3 is 1. The third-order valence-electron chi connectivity index (χ3n) is 1.79. The van der Waals surface area contributed by atoms with Crippen LogP contribution in [0.2, 0.25) is 0 Å². The van der Waals surface area contributed by atoms with Crippen molar-refractivity contribution in [3.8, 4) is 0 Å². The molecule has 0 bridgehead atoms. The summed E-state index contributed by atoms with van der Waals surface area (Å²) in [4.78, 5) is 15.0. The number of ether oxygens (including phenoxy) is 1. The molecule has 0 aliphatic carbocycles. The molecular formula is C8H13N3O2S. The van der Waals surface area contributed by atoms with Crippen LogP contribution >= 0.6 is 12.2 Å². The molecule has 1 heterocycles. The Balaban J connectivity index is 2.82. The van der Waals surface area contributed by atoms with Gasteiger partial charge in [-0.3, -0.25) is 9.78 Å². The minimum atomic E-state index is -0.494. The molecule has 0 unspecified atom stereocenters. The van der Waals surface area contributed by atoms with Gasteiger partial charge in [-0.05, 0) is 18.6 Å². The molecule has 0 aliphatic heterocycles. The molecule has 0 fully saturated rings. The lowest BCUT2D eigenvalue weighted by molar-refractivity contribution is 0.0586. The van der Waals surface area contributed by atoms with Gasteiger partial charge in [0.1, 0.15) is 0 Å². The zero-order valence-corrected chi connectivity index (χ0v) is 9.06. The molecule has 0 saturated heterocycles. The van der Waals surface area contributed by atoms with Crippen LogP contribution in [0.1, 0.15) is 30.4 Å². The summed E-state index contributed by atoms with van der Waals surface area (Å²) in [5.41, 5.74) is 0. The number of carbonyl (C=O) groups excluding carboxylic acids is 1. The molecule has 14 heavy (non-hydrogen) atoms. The maximum absolute atomic E-state index is 11.1. The normalized spacial score (nSPS) is 10.1. The Hall–Kier alpha value is -1.17. The fourth-order valence-electron chi connectivity index (χ4n) is 1.01. The first-order chi connectivity index (χ1) is 6.69. The minimum absolute atomic E-state index is 0.161. The van der Waals surface area contributed by atoms with Crippen molar-refractivity contribution in [2.24, 2.45) is 0 Å². The summed E-state index contributed by atoms with van der Waals surface area (Å²) in [6.45, 7) is 2.83. The largest absolute Gasteiger partial charge is 0.463 e. The van der Waals surface area contributed by atoms with Gasteiger partial charge < -0.3 is 4.74 Å². The van der Waals surface area contributed by atoms with Crippen LogP contribution in [0.25, 0.3) is 0 Å². The van der Waals surface area contributed by atoms with Crippen molar-refractivity contribution < 1.29 is 9.53 Å². The molecule has 0 saturated carbocycles. The van der Waals surface area contributed by atoms with Gasteiger partial charge in [-0.25, -0.2) is 4.79 Å². The maximum atomic E-state index is 11.1. The van der Waals surface area contributed by atoms with Gasteiger partial charge in [0.25, 0.3) is 0 Å². The van der Waals surface area contributed by atoms with Gasteiger partial charge >= 0.3 is 5.97 Å². The van der Waals surface area contributed by atoms with Crippen molar-refractivity contribution in [1.29, 1.82) is 0 Å². The first kappa shape index (κ1) is 10.9. The number of carbonyl (C=O) groups is 1. The van der Waals surface area contributed by atoms with E-state index in [0.29, 0.717) is 4.77 Å². The number of hydrogen-bond donors (Lipinski definition) is 1. The van der Waals surface area contributed by atoms with Crippen molar-refractivity contribution in [2.45, 2.75) is 26.3 Å². The summed E-state index contributed by atoms with van der Waals surface area (Å²) >= 11 is 4.97. The van der Waals surface area contributed by atoms with Crippen LogP contribution in [0.5, 0.6) is 0 Å². The fraction of sp³-hybridized carbons (Fsp3) is 0.625. The summed E-state index contributed by atoms with van der Waals surface area (Å²) in [6.07, 6.45) is 2.06. The molecule has 1 aromatic rings. The van der Waals surface area contributed by atoms with Crippen LogP contribution in [-0.2, 0) is 11.3 Å². The highest BCUT2D eigenvalue weighted by Crippen LogP contribution is 1.98. The first-order valence-electron chi connectivity index (χ1n) is 4.44. The van der Waals surface area contributed by atoms with Crippen molar-refractivity contribution in [3.05, 3.63) is 10.6 Å². The lowest BCUT2D eigenvalue weighted by atomic mass is 10.3. The van der Waals surface area contributed by atoms with E-state index in [1.54, 1.807) is 4.68 Å². The molecule has 0 aromatic carbocycles. The van der Waals surface area contributed by atoms with Crippen LogP contribution in [0, 0.1) is 4.77 Å². The summed E-state index contributed by atoms with van der Waals surface area (Å²) in [6, 6.07) is 0. The lowest BCUT2D eigenvalue weighted by Crippen LogP contribution is -2.06. The number of esters is 1. The van der Waals surface area contributed by atoms with Crippen molar-refractivity contribution in [1.82, 2.24) is 14.8 Å². The average Bonchev–Trinajstić information content (AvgIpc) is 2.56. The summed E-state index contributed by atoms with van der Waals surface area (Å²) in [5.74, 6) is -0.333. The zero-order chi connectivity index (χ0) is 10.6. The summed E-state index contributed by atoms with van der Waals surface area (Å²) in [7, 11) is 1.31. The lowest BCUT2D eigenvalue weighted by Gasteiger charge is -1.98. The van der Waals surface area contributed by atoms with Gasteiger partial charge in [-0.15, -0.1) is 0 Å². The van der Waals surface area contributed by atoms with E-state index >= 15 is 0 Å². The third kappa shape index (κ3) is 2.41. The molecule has 78 valence electrons. The van der Waals surface area contributed by atoms with E-state index in [9.17, 15) is 4.79 Å². The highest BCUT2D eigenvalue weighted by Gasteiger charge is 2.10. The molecule has 1 N–H and O–H groups in total. The number of nitrogens with zero attached hydrogens (tertiary/aromatic N) is 2. The summed E-state index contributed by atoms with van der Waals surface area (Å²) < 4.78 is 6.58. The predicted octanol–water partition coefficient (Wildman–Crippen LogP) is 1.53. The Kier molecular flexibility index (Phi) is 3.82. The Morgan fingerprint density at radius 2 is 2.43 bits per heavy atom. The van der Waals surface area contributed by atoms with Crippen molar-refractivity contribution in [3.63, 3.8) is 0 Å². The second kappa shape index (κ2) is 4.90. The Morgan fingerprint density at radius 3 is 3.00 bits per heavy atom. The number of aromatic amines is 1. The van der Waals surface area contributed by atoms with E-state index in [0.717, 1.165) is 19.4 Å². The molecule has 0 atom stereocenters. The smallest absolute Gasteiger partial charge is 0.375 e. The van der Waals surface area contributed by atoms with Gasteiger partial charge in [-0.2, -0.15) is 4.98 Å². The summed E-state index contributed by atoms with van der Waals surface area (Å²) in [5, 5.41) is 2.79. The van der Waals surface area contributed by atoms with Gasteiger partial charge in [0.05, 0.1) is 7.11 Å². The monoisotopic (exact) mass is 215 g/mol. The fourth-order valence-corrected chi connectivity index (χ4v) is 1.24. The second-order valence-corrected chi connectivity index (χ2v) is 3.22. The standard InChI is InChI=1S/C8H13N3O2S/c1-3-4-5-11-8(14)9-6(10-11)7(12)13-2/h3-5H2,1-2H3,(H,9,10,14). The van der Waals surface area contributed by atoms with Crippen LogP contribution in [0.3, 0.4) is 0 Å². The number of rotatable bonds is 4. The maximum Gasteiger partial charge on any atom is 0.375 e. The molecule has 0 amide bonds. The predicted molar refractivity (Wildman–Crippen MR) is 53.7 cm³/mol. The van der Waals surface area contributed by atoms with E-state index in [1.165, 1.54) is 7.11 Å². The van der Waals surface area contributed by atoms with Gasteiger partial charge in [0, 0.05) is 6.54 Å². The third-order valence-corrected chi connectivity index (χ3v) is 2.10. The number of aromatic nitrogens is 3. The quantitative estimate of drug-likeness (QED) is 0.611. The molecule has 1 aromatic heterocycles. The van der Waals surface area contributed by atoms with Crippen LogP contribution in [0.4, 0.5) is 0 Å². The highest BCUT2D eigenvalue weighted by atomic mass is 32.1. The number of unbranched alkanes of at least 4 members (excludes halogenated alkanes) is 1. The molecule has 5 nitrogen and oxygen atoms in total. The highest BCUT2D eigenvalue weighted by molar-refractivity contribution is 7.71. The molecule has 6 heteroatoms. The van der Waals surface area contributed by atoms with Gasteiger partial charge in [0.15, 0.2) is 0 Å². The molecular weight excluding hydrogens is 202 g/mol. The van der Waals surface area contributed by atoms with E-state index in [1.807, 2.05) is 0 Å². The van der Waals surface area contributed by atoms with E-state index in [2.05, 4.69) is 21.7 Å². The van der Waals surface area contributed by atoms with Crippen molar-refractivity contribution in [2.75, 3.05) is 7.11 Å². The van der Waals surface area contributed by atoms with E-state index in [4.69, 9.17) is 12.2 Å². The van der Waals surface area contributed by atoms with Gasteiger partial charge in [0.2, 0.25) is 10.6 Å². The number of nitrogens with one attached hydrogen (secondary N) is 1. The van der Waals surface area contributed by atoms with E-state index in [-0.39, 0.29) is 5.82 Å².